The van der Waals surface area contributed by atoms with E-state index in [1.165, 1.54) is 0 Å². The molecular formula is C12H11Br2NO2. The lowest BCUT2D eigenvalue weighted by molar-refractivity contribution is 0.199. The highest BCUT2D eigenvalue weighted by molar-refractivity contribution is 9.10. The fraction of sp³-hybridized carbons (Fsp3) is 0.250. The van der Waals surface area contributed by atoms with E-state index in [2.05, 4.69) is 36.8 Å². The molecule has 0 bridgehead atoms. The number of hydrogen-bond donors (Lipinski definition) is 1. The molecule has 0 spiro atoms. The molecule has 0 saturated carbocycles. The summed E-state index contributed by atoms with van der Waals surface area (Å²) >= 11 is 6.60. The van der Waals surface area contributed by atoms with E-state index >= 15 is 0 Å². The lowest BCUT2D eigenvalue weighted by atomic mass is 10.2. The van der Waals surface area contributed by atoms with Crippen LogP contribution < -0.4 is 0 Å². The molecule has 0 amide bonds. The lowest BCUT2D eigenvalue weighted by Crippen LogP contribution is -2.00. The van der Waals surface area contributed by atoms with Crippen molar-refractivity contribution in [2.45, 2.75) is 13.0 Å². The molecular weight excluding hydrogens is 350 g/mol. The molecule has 1 N–H and O–H groups in total. The quantitative estimate of drug-likeness (QED) is 0.846. The zero-order valence-corrected chi connectivity index (χ0v) is 12.3. The first-order valence-corrected chi connectivity index (χ1v) is 7.00. The summed E-state index contributed by atoms with van der Waals surface area (Å²) in [4.78, 5) is 4.32. The number of aryl methyl sites for hydroxylation is 1. The van der Waals surface area contributed by atoms with Crippen molar-refractivity contribution in [3.05, 3.63) is 40.2 Å². The highest BCUT2D eigenvalue weighted by Crippen LogP contribution is 2.26. The van der Waals surface area contributed by atoms with E-state index < -0.39 is 6.10 Å². The Morgan fingerprint density at radius 2 is 2.00 bits per heavy atom. The van der Waals surface area contributed by atoms with Gasteiger partial charge in [0, 0.05) is 15.4 Å². The highest BCUT2D eigenvalue weighted by atomic mass is 79.9. The van der Waals surface area contributed by atoms with Crippen LogP contribution in [0.2, 0.25) is 0 Å². The maximum Gasteiger partial charge on any atom is 0.226 e. The van der Waals surface area contributed by atoms with Gasteiger partial charge in [0.25, 0.3) is 0 Å². The van der Waals surface area contributed by atoms with Gasteiger partial charge in [-0.15, -0.1) is 0 Å². The van der Waals surface area contributed by atoms with Gasteiger partial charge in [0.05, 0.1) is 0 Å². The molecule has 90 valence electrons. The second kappa shape index (κ2) is 5.33. The molecule has 1 atom stereocenters. The van der Waals surface area contributed by atoms with Crippen LogP contribution >= 0.6 is 31.9 Å². The first kappa shape index (κ1) is 12.8. The lowest BCUT2D eigenvalue weighted by Gasteiger charge is -2.01. The predicted octanol–water partition coefficient (Wildman–Crippen LogP) is 3.84. The third kappa shape index (κ3) is 2.78. The van der Waals surface area contributed by atoms with Crippen molar-refractivity contribution >= 4 is 31.9 Å². The fourth-order valence-electron chi connectivity index (χ4n) is 1.51. The third-order valence-corrected chi connectivity index (χ3v) is 3.53. The summed E-state index contributed by atoms with van der Waals surface area (Å²) in [5.41, 5.74) is 1.48. The standard InChI is InChI=1S/C12H11Br2NO2/c1-7-11(10(16)6-13)15-12(17-7)8-2-4-9(14)5-3-8/h2-5,10,16H,6H2,1H3. The maximum absolute atomic E-state index is 9.74. The molecule has 0 aliphatic rings. The highest BCUT2D eigenvalue weighted by Gasteiger charge is 2.17. The topological polar surface area (TPSA) is 46.3 Å². The van der Waals surface area contributed by atoms with Gasteiger partial charge in [-0.2, -0.15) is 0 Å². The molecule has 0 radical (unpaired) electrons. The smallest absolute Gasteiger partial charge is 0.226 e. The van der Waals surface area contributed by atoms with Crippen LogP contribution in [0.5, 0.6) is 0 Å². The van der Waals surface area contributed by atoms with Crippen LogP contribution in [0, 0.1) is 6.92 Å². The van der Waals surface area contributed by atoms with E-state index in [9.17, 15) is 5.11 Å². The fourth-order valence-corrected chi connectivity index (χ4v) is 2.08. The Bertz CT molecular complexity index is 508. The molecule has 2 rings (SSSR count). The normalized spacial score (nSPS) is 12.7. The molecule has 0 aliphatic heterocycles. The van der Waals surface area contributed by atoms with Crippen LogP contribution in [0.25, 0.3) is 11.5 Å². The zero-order valence-electron chi connectivity index (χ0n) is 9.15. The number of hydrogen-bond acceptors (Lipinski definition) is 3. The summed E-state index contributed by atoms with van der Waals surface area (Å²) < 4.78 is 6.56. The Kier molecular flexibility index (Phi) is 4.01. The van der Waals surface area contributed by atoms with Gasteiger partial charge in [0.15, 0.2) is 0 Å². The van der Waals surface area contributed by atoms with Crippen molar-refractivity contribution in [1.82, 2.24) is 4.98 Å². The summed E-state index contributed by atoms with van der Waals surface area (Å²) in [6, 6.07) is 7.68. The van der Waals surface area contributed by atoms with Crippen molar-refractivity contribution in [2.24, 2.45) is 0 Å². The number of alkyl halides is 1. The van der Waals surface area contributed by atoms with Crippen molar-refractivity contribution in [3.8, 4) is 11.5 Å². The average Bonchev–Trinajstić information content (AvgIpc) is 2.71. The van der Waals surface area contributed by atoms with Crippen LogP contribution in [0.15, 0.2) is 33.2 Å². The van der Waals surface area contributed by atoms with Gasteiger partial charge >= 0.3 is 0 Å². The van der Waals surface area contributed by atoms with Crippen molar-refractivity contribution in [3.63, 3.8) is 0 Å². The molecule has 1 aromatic carbocycles. The summed E-state index contributed by atoms with van der Waals surface area (Å²) in [5.74, 6) is 1.18. The zero-order chi connectivity index (χ0) is 12.4. The Morgan fingerprint density at radius 1 is 1.35 bits per heavy atom. The Balaban J connectivity index is 2.37. The molecule has 2 aromatic rings. The van der Waals surface area contributed by atoms with E-state index in [4.69, 9.17) is 4.42 Å². The molecule has 3 nitrogen and oxygen atoms in total. The van der Waals surface area contributed by atoms with Crippen LogP contribution in [-0.4, -0.2) is 15.4 Å². The average molecular weight is 361 g/mol. The van der Waals surface area contributed by atoms with E-state index in [0.29, 0.717) is 22.7 Å². The van der Waals surface area contributed by atoms with Crippen LogP contribution in [0.3, 0.4) is 0 Å². The summed E-state index contributed by atoms with van der Waals surface area (Å²) in [6.07, 6.45) is -0.636. The third-order valence-electron chi connectivity index (χ3n) is 2.39. The minimum atomic E-state index is -0.636. The monoisotopic (exact) mass is 359 g/mol. The van der Waals surface area contributed by atoms with E-state index in [1.54, 1.807) is 6.92 Å². The number of aliphatic hydroxyl groups is 1. The summed E-state index contributed by atoms with van der Waals surface area (Å²) in [6.45, 7) is 1.80. The van der Waals surface area contributed by atoms with Gasteiger partial charge in [0.2, 0.25) is 5.89 Å². The van der Waals surface area contributed by atoms with Crippen LogP contribution in [0.1, 0.15) is 17.6 Å². The summed E-state index contributed by atoms with van der Waals surface area (Å²) in [7, 11) is 0. The van der Waals surface area contributed by atoms with Gasteiger partial charge in [-0.05, 0) is 31.2 Å². The number of aliphatic hydroxyl groups excluding tert-OH is 1. The molecule has 1 heterocycles. The minimum Gasteiger partial charge on any atom is -0.441 e. The first-order chi connectivity index (χ1) is 8.11. The number of rotatable bonds is 3. The Hall–Kier alpha value is -0.650. The van der Waals surface area contributed by atoms with E-state index in [-0.39, 0.29) is 0 Å². The Labute approximate surface area is 116 Å². The molecule has 5 heteroatoms. The summed E-state index contributed by atoms with van der Waals surface area (Å²) in [5, 5.41) is 10.2. The molecule has 0 fully saturated rings. The van der Waals surface area contributed by atoms with E-state index in [1.807, 2.05) is 24.3 Å². The van der Waals surface area contributed by atoms with Gasteiger partial charge in [0.1, 0.15) is 17.6 Å². The van der Waals surface area contributed by atoms with Gasteiger partial charge < -0.3 is 9.52 Å². The molecule has 0 aliphatic carbocycles. The van der Waals surface area contributed by atoms with Gasteiger partial charge in [-0.1, -0.05) is 31.9 Å². The van der Waals surface area contributed by atoms with Crippen molar-refractivity contribution in [2.75, 3.05) is 5.33 Å². The van der Waals surface area contributed by atoms with E-state index in [0.717, 1.165) is 10.0 Å². The molecule has 1 unspecified atom stereocenters. The molecule has 1 aromatic heterocycles. The number of oxazole rings is 1. The molecule has 0 saturated heterocycles. The van der Waals surface area contributed by atoms with Crippen LogP contribution in [-0.2, 0) is 0 Å². The number of halogens is 2. The second-order valence-electron chi connectivity index (χ2n) is 3.64. The van der Waals surface area contributed by atoms with Gasteiger partial charge in [-0.3, -0.25) is 0 Å². The second-order valence-corrected chi connectivity index (χ2v) is 5.20. The van der Waals surface area contributed by atoms with Crippen LogP contribution in [0.4, 0.5) is 0 Å². The first-order valence-electron chi connectivity index (χ1n) is 5.09. The predicted molar refractivity (Wildman–Crippen MR) is 73.1 cm³/mol. The minimum absolute atomic E-state index is 0.445. The van der Waals surface area contributed by atoms with Crippen molar-refractivity contribution < 1.29 is 9.52 Å². The van der Waals surface area contributed by atoms with Crippen molar-refractivity contribution in [1.29, 1.82) is 0 Å². The van der Waals surface area contributed by atoms with Gasteiger partial charge in [-0.25, -0.2) is 4.98 Å². The number of nitrogens with zero attached hydrogens (tertiary/aromatic N) is 1. The Morgan fingerprint density at radius 3 is 2.59 bits per heavy atom. The SMILES string of the molecule is Cc1oc(-c2ccc(Br)cc2)nc1C(O)CBr. The molecule has 17 heavy (non-hydrogen) atoms. The number of benzene rings is 1. The maximum atomic E-state index is 9.74. The largest absolute Gasteiger partial charge is 0.441 e. The number of aromatic nitrogens is 1.